The van der Waals surface area contributed by atoms with Crippen LogP contribution in [0.5, 0.6) is 0 Å². The van der Waals surface area contributed by atoms with Crippen molar-refractivity contribution in [1.29, 1.82) is 0 Å². The normalized spacial score (nSPS) is 12.6. The predicted octanol–water partition coefficient (Wildman–Crippen LogP) is 1.58. The highest BCUT2D eigenvalue weighted by Gasteiger charge is 2.27. The van der Waals surface area contributed by atoms with E-state index in [9.17, 15) is 9.59 Å². The molecule has 4 N–H and O–H groups in total. The number of benzene rings is 1. The molecule has 0 aliphatic heterocycles. The minimum atomic E-state index is -0.599. The molecule has 0 bridgehead atoms. The molecule has 1 aromatic rings. The van der Waals surface area contributed by atoms with Gasteiger partial charge in [-0.05, 0) is 29.7 Å². The Morgan fingerprint density at radius 1 is 1.14 bits per heavy atom. The first-order valence-corrected chi connectivity index (χ1v) is 6.69. The van der Waals surface area contributed by atoms with Crippen molar-refractivity contribution in [3.63, 3.8) is 0 Å². The van der Waals surface area contributed by atoms with Crippen LogP contribution in [0.2, 0.25) is 0 Å². The minimum Gasteiger partial charge on any atom is -0.375 e. The van der Waals surface area contributed by atoms with E-state index in [0.717, 1.165) is 0 Å². The lowest BCUT2D eigenvalue weighted by molar-refractivity contribution is -0.120. The fraction of sp³-hybridized carbons (Fsp3) is 0.467. The Kier molecular flexibility index (Phi) is 5.87. The number of carbonyl (C=O) groups is 2. The Bertz CT molecular complexity index is 492. The van der Waals surface area contributed by atoms with Gasteiger partial charge < -0.3 is 21.1 Å². The van der Waals surface area contributed by atoms with E-state index >= 15 is 0 Å². The highest BCUT2D eigenvalue weighted by Crippen LogP contribution is 2.19. The van der Waals surface area contributed by atoms with Gasteiger partial charge in [-0.25, -0.2) is 0 Å². The lowest BCUT2D eigenvalue weighted by Gasteiger charge is -2.25. The Morgan fingerprint density at radius 3 is 2.05 bits per heavy atom. The molecule has 0 spiro atoms. The molecular formula is C15H23N3O3. The van der Waals surface area contributed by atoms with Gasteiger partial charge in [0.05, 0.1) is 6.04 Å². The number of ether oxygens (including phenoxy) is 1. The van der Waals surface area contributed by atoms with E-state index in [2.05, 4.69) is 10.6 Å². The number of methoxy groups -OCH3 is 1. The molecule has 0 fully saturated rings. The van der Waals surface area contributed by atoms with Crippen molar-refractivity contribution < 1.29 is 14.3 Å². The van der Waals surface area contributed by atoms with Crippen molar-refractivity contribution in [2.45, 2.75) is 26.8 Å². The van der Waals surface area contributed by atoms with Gasteiger partial charge in [-0.2, -0.15) is 0 Å². The molecule has 0 aliphatic carbocycles. The molecule has 1 rings (SSSR count). The Balaban J connectivity index is 2.63. The van der Waals surface area contributed by atoms with Crippen molar-refractivity contribution in [1.82, 2.24) is 0 Å². The van der Waals surface area contributed by atoms with E-state index in [4.69, 9.17) is 10.5 Å². The van der Waals surface area contributed by atoms with Crippen LogP contribution < -0.4 is 16.4 Å². The summed E-state index contributed by atoms with van der Waals surface area (Å²) in [5.41, 5.74) is 6.84. The van der Waals surface area contributed by atoms with Gasteiger partial charge in [0.25, 0.3) is 0 Å². The summed E-state index contributed by atoms with van der Waals surface area (Å²) in [6, 6.07) is 6.21. The van der Waals surface area contributed by atoms with E-state index in [1.165, 1.54) is 7.11 Å². The molecule has 0 heterocycles. The van der Waals surface area contributed by atoms with E-state index in [1.807, 2.05) is 20.8 Å². The largest absolute Gasteiger partial charge is 0.375 e. The third kappa shape index (κ3) is 5.53. The van der Waals surface area contributed by atoms with E-state index in [-0.39, 0.29) is 23.8 Å². The van der Waals surface area contributed by atoms with Gasteiger partial charge in [0.2, 0.25) is 11.8 Å². The first-order chi connectivity index (χ1) is 9.74. The number of hydrogen-bond donors (Lipinski definition) is 3. The van der Waals surface area contributed by atoms with E-state index in [1.54, 1.807) is 24.3 Å². The quantitative estimate of drug-likeness (QED) is 0.768. The zero-order valence-electron chi connectivity index (χ0n) is 12.9. The molecule has 1 atom stereocenters. The molecule has 0 saturated heterocycles. The second-order valence-electron chi connectivity index (χ2n) is 5.89. The summed E-state index contributed by atoms with van der Waals surface area (Å²) >= 11 is 0. The second-order valence-corrected chi connectivity index (χ2v) is 5.89. The maximum Gasteiger partial charge on any atom is 0.250 e. The summed E-state index contributed by atoms with van der Waals surface area (Å²) in [5, 5.41) is 5.42. The number of rotatable bonds is 5. The van der Waals surface area contributed by atoms with Crippen LogP contribution in [0, 0.1) is 5.41 Å². The number of anilines is 2. The van der Waals surface area contributed by atoms with Gasteiger partial charge in [0.15, 0.2) is 0 Å². The van der Waals surface area contributed by atoms with Crippen molar-refractivity contribution in [3.8, 4) is 0 Å². The van der Waals surface area contributed by atoms with Crippen LogP contribution in [0.25, 0.3) is 0 Å². The van der Waals surface area contributed by atoms with Crippen molar-refractivity contribution >= 4 is 23.2 Å². The molecule has 1 aromatic carbocycles. The van der Waals surface area contributed by atoms with Gasteiger partial charge in [-0.3, -0.25) is 9.59 Å². The number of carbonyl (C=O) groups excluding carboxylic acids is 2. The molecule has 6 nitrogen and oxygen atoms in total. The topological polar surface area (TPSA) is 93.5 Å². The van der Waals surface area contributed by atoms with Crippen LogP contribution in [-0.2, 0) is 14.3 Å². The highest BCUT2D eigenvalue weighted by atomic mass is 16.5. The van der Waals surface area contributed by atoms with Crippen LogP contribution in [-0.4, -0.2) is 31.6 Å². The zero-order chi connectivity index (χ0) is 16.0. The van der Waals surface area contributed by atoms with Gasteiger partial charge >= 0.3 is 0 Å². The van der Waals surface area contributed by atoms with E-state index in [0.29, 0.717) is 11.4 Å². The molecule has 0 aliphatic rings. The molecule has 2 amide bonds. The first-order valence-electron chi connectivity index (χ1n) is 6.69. The summed E-state index contributed by atoms with van der Waals surface area (Å²) in [5.74, 6) is -0.470. The second kappa shape index (κ2) is 7.19. The highest BCUT2D eigenvalue weighted by molar-refractivity contribution is 5.96. The Hall–Kier alpha value is -1.92. The fourth-order valence-electron chi connectivity index (χ4n) is 1.58. The lowest BCUT2D eigenvalue weighted by atomic mass is 9.87. The smallest absolute Gasteiger partial charge is 0.250 e. The fourth-order valence-corrected chi connectivity index (χ4v) is 1.58. The van der Waals surface area contributed by atoms with Gasteiger partial charge in [-0.1, -0.05) is 20.8 Å². The van der Waals surface area contributed by atoms with Gasteiger partial charge in [0.1, 0.15) is 6.61 Å². The predicted molar refractivity (Wildman–Crippen MR) is 83.0 cm³/mol. The van der Waals surface area contributed by atoms with Crippen molar-refractivity contribution in [2.24, 2.45) is 11.1 Å². The maximum absolute atomic E-state index is 12.0. The average molecular weight is 293 g/mol. The van der Waals surface area contributed by atoms with Crippen LogP contribution in [0.3, 0.4) is 0 Å². The number of nitrogens with two attached hydrogens (primary N) is 1. The average Bonchev–Trinajstić information content (AvgIpc) is 2.39. The lowest BCUT2D eigenvalue weighted by Crippen LogP contribution is -2.45. The summed E-state index contributed by atoms with van der Waals surface area (Å²) in [6.45, 7) is 5.72. The summed E-state index contributed by atoms with van der Waals surface area (Å²) < 4.78 is 4.73. The molecule has 1 unspecified atom stereocenters. The molecule has 6 heteroatoms. The van der Waals surface area contributed by atoms with Gasteiger partial charge in [-0.15, -0.1) is 0 Å². The molecular weight excluding hydrogens is 270 g/mol. The zero-order valence-corrected chi connectivity index (χ0v) is 12.9. The number of amides is 2. The number of nitrogens with one attached hydrogen (secondary N) is 2. The molecule has 116 valence electrons. The number of hydrogen-bond acceptors (Lipinski definition) is 4. The molecule has 0 aromatic heterocycles. The van der Waals surface area contributed by atoms with E-state index < -0.39 is 6.04 Å². The third-order valence-corrected chi connectivity index (χ3v) is 2.93. The van der Waals surface area contributed by atoms with Crippen molar-refractivity contribution in [2.75, 3.05) is 24.4 Å². The van der Waals surface area contributed by atoms with Crippen LogP contribution >= 0.6 is 0 Å². The summed E-state index contributed by atoms with van der Waals surface area (Å²) in [6.07, 6.45) is 0. The summed E-state index contributed by atoms with van der Waals surface area (Å²) in [4.78, 5) is 23.3. The molecule has 21 heavy (non-hydrogen) atoms. The maximum atomic E-state index is 12.0. The standard InChI is InChI=1S/C15H23N3O3/c1-15(2,3)13(16)14(20)18-11-7-5-10(6-8-11)17-12(19)9-21-4/h5-8,13H,9,16H2,1-4H3,(H,17,19)(H,18,20). The first kappa shape index (κ1) is 17.1. The Morgan fingerprint density at radius 2 is 1.62 bits per heavy atom. The summed E-state index contributed by atoms with van der Waals surface area (Å²) in [7, 11) is 1.46. The van der Waals surface area contributed by atoms with Crippen LogP contribution in [0.1, 0.15) is 20.8 Å². The van der Waals surface area contributed by atoms with Crippen LogP contribution in [0.15, 0.2) is 24.3 Å². The van der Waals surface area contributed by atoms with Crippen molar-refractivity contribution in [3.05, 3.63) is 24.3 Å². The third-order valence-electron chi connectivity index (χ3n) is 2.93. The Labute approximate surface area is 125 Å². The minimum absolute atomic E-state index is 0.00107. The molecule has 0 saturated carbocycles. The van der Waals surface area contributed by atoms with Gasteiger partial charge in [0, 0.05) is 18.5 Å². The van der Waals surface area contributed by atoms with Crippen LogP contribution in [0.4, 0.5) is 11.4 Å². The monoisotopic (exact) mass is 293 g/mol. The molecule has 0 radical (unpaired) electrons. The SMILES string of the molecule is COCC(=O)Nc1ccc(NC(=O)C(N)C(C)(C)C)cc1.